The van der Waals surface area contributed by atoms with Crippen LogP contribution < -0.4 is 0 Å². The summed E-state index contributed by atoms with van der Waals surface area (Å²) in [5.74, 6) is 0.950. The summed E-state index contributed by atoms with van der Waals surface area (Å²) in [4.78, 5) is 17.0. The first-order valence-electron chi connectivity index (χ1n) is 15.8. The Balaban J connectivity index is 0.000000219. The van der Waals surface area contributed by atoms with Crippen molar-refractivity contribution in [1.29, 1.82) is 0 Å². The van der Waals surface area contributed by atoms with Crippen LogP contribution in [-0.2, 0) is 0 Å². The molecule has 6 aromatic heterocycles. The minimum Gasteiger partial charge on any atom is -0.140 e. The second kappa shape index (κ2) is 11.5. The van der Waals surface area contributed by atoms with Gasteiger partial charge in [-0.3, -0.25) is 0 Å². The lowest BCUT2D eigenvalue weighted by Crippen LogP contribution is -2.01. The summed E-state index contributed by atoms with van der Waals surface area (Å²) in [5.41, 5.74) is 12.4. The topological polar surface area (TPSA) is 0 Å². The summed E-state index contributed by atoms with van der Waals surface area (Å²) in [5, 5.41) is 0. The standard InChI is InChI=1S/C30H26S4.C10H10S2/c1-13-7-8-21(31-13)22-9-10-23(33-22)24-12-20-16(4)26-17(5)27-25(18(6)28(26)30(20)34-24)15(3)19-11-14(2)32-29(19)27;1-7-3-5-9(11-7)10-6-4-8(2)12-10/h7-12,15-16H,1-6H3;3-6H,1-2H3. The van der Waals surface area contributed by atoms with Gasteiger partial charge in [-0.25, -0.2) is 0 Å². The van der Waals surface area contributed by atoms with Gasteiger partial charge >= 0.3 is 0 Å². The fourth-order valence-electron chi connectivity index (χ4n) is 7.43. The van der Waals surface area contributed by atoms with Gasteiger partial charge in [0.15, 0.2) is 0 Å². The predicted octanol–water partition coefficient (Wildman–Crippen LogP) is 14.9. The molecular weight excluding hydrogens is 673 g/mol. The number of hydrogen-bond acceptors (Lipinski definition) is 6. The quantitative estimate of drug-likeness (QED) is 0.171. The molecule has 46 heavy (non-hydrogen) atoms. The van der Waals surface area contributed by atoms with Crippen molar-refractivity contribution in [2.45, 2.75) is 67.2 Å². The molecule has 0 saturated heterocycles. The van der Waals surface area contributed by atoms with E-state index in [2.05, 4.69) is 116 Å². The van der Waals surface area contributed by atoms with Gasteiger partial charge in [-0.1, -0.05) is 13.8 Å². The van der Waals surface area contributed by atoms with E-state index in [1.807, 2.05) is 68.0 Å². The maximum absolute atomic E-state index is 2.49. The number of benzene rings is 1. The molecule has 0 bridgehead atoms. The zero-order chi connectivity index (χ0) is 32.0. The molecule has 0 spiro atoms. The van der Waals surface area contributed by atoms with E-state index >= 15 is 0 Å². The van der Waals surface area contributed by atoms with Gasteiger partial charge in [0.05, 0.1) is 0 Å². The van der Waals surface area contributed by atoms with Gasteiger partial charge < -0.3 is 0 Å². The van der Waals surface area contributed by atoms with E-state index in [1.54, 1.807) is 27.8 Å². The molecule has 0 aliphatic heterocycles. The largest absolute Gasteiger partial charge is 0.140 e. The summed E-state index contributed by atoms with van der Waals surface area (Å²) in [6, 6.07) is 22.8. The van der Waals surface area contributed by atoms with Gasteiger partial charge in [0.2, 0.25) is 0 Å². The van der Waals surface area contributed by atoms with Crippen LogP contribution in [0, 0.1) is 41.5 Å². The van der Waals surface area contributed by atoms with Crippen molar-refractivity contribution in [3.8, 4) is 50.1 Å². The highest BCUT2D eigenvalue weighted by molar-refractivity contribution is 7.27. The van der Waals surface area contributed by atoms with Crippen LogP contribution in [0.15, 0.2) is 60.7 Å². The number of aryl methyl sites for hydroxylation is 4. The summed E-state index contributed by atoms with van der Waals surface area (Å²) >= 11 is 11.6. The summed E-state index contributed by atoms with van der Waals surface area (Å²) in [6.45, 7) is 18.3. The van der Waals surface area contributed by atoms with Crippen molar-refractivity contribution in [3.05, 3.63) is 114 Å². The van der Waals surface area contributed by atoms with Gasteiger partial charge in [-0.2, -0.15) is 0 Å². The Labute approximate surface area is 296 Å². The van der Waals surface area contributed by atoms with E-state index in [4.69, 9.17) is 0 Å². The van der Waals surface area contributed by atoms with Crippen molar-refractivity contribution in [2.75, 3.05) is 0 Å². The molecule has 0 saturated carbocycles. The van der Waals surface area contributed by atoms with Crippen molar-refractivity contribution in [2.24, 2.45) is 0 Å². The van der Waals surface area contributed by atoms with E-state index < -0.39 is 0 Å². The monoisotopic (exact) mass is 708 g/mol. The normalized spacial score (nSPS) is 15.8. The molecule has 0 fully saturated rings. The van der Waals surface area contributed by atoms with Crippen LogP contribution in [-0.4, -0.2) is 0 Å². The number of rotatable bonds is 3. The van der Waals surface area contributed by atoms with Crippen molar-refractivity contribution < 1.29 is 0 Å². The minimum absolute atomic E-state index is 0.457. The van der Waals surface area contributed by atoms with Crippen LogP contribution >= 0.6 is 68.0 Å². The number of thiophene rings is 6. The fourth-order valence-corrected chi connectivity index (χ4v) is 13.9. The van der Waals surface area contributed by atoms with Crippen LogP contribution in [0.4, 0.5) is 0 Å². The number of fused-ring (bicyclic) bond motifs is 6. The van der Waals surface area contributed by atoms with E-state index in [1.165, 1.54) is 75.2 Å². The van der Waals surface area contributed by atoms with Crippen LogP contribution in [0.3, 0.4) is 0 Å². The lowest BCUT2D eigenvalue weighted by atomic mass is 9.85. The highest BCUT2D eigenvalue weighted by Crippen LogP contribution is 2.60. The van der Waals surface area contributed by atoms with Gasteiger partial charge in [0.1, 0.15) is 0 Å². The molecule has 232 valence electrons. The maximum Gasteiger partial charge on any atom is 0.0452 e. The highest BCUT2D eigenvalue weighted by atomic mass is 32.1. The van der Waals surface area contributed by atoms with Crippen molar-refractivity contribution in [3.63, 3.8) is 0 Å². The summed E-state index contributed by atoms with van der Waals surface area (Å²) < 4.78 is 0. The molecule has 0 N–H and O–H groups in total. The summed E-state index contributed by atoms with van der Waals surface area (Å²) in [7, 11) is 0. The lowest BCUT2D eigenvalue weighted by Gasteiger charge is -2.20. The van der Waals surface area contributed by atoms with Gasteiger partial charge in [0, 0.05) is 70.4 Å². The Morgan fingerprint density at radius 3 is 1.24 bits per heavy atom. The van der Waals surface area contributed by atoms with Gasteiger partial charge in [0.25, 0.3) is 0 Å². The Kier molecular flexibility index (Phi) is 7.71. The molecule has 2 aliphatic carbocycles. The smallest absolute Gasteiger partial charge is 0.0452 e. The van der Waals surface area contributed by atoms with E-state index in [9.17, 15) is 0 Å². The zero-order valence-corrected chi connectivity index (χ0v) is 32.3. The zero-order valence-electron chi connectivity index (χ0n) is 27.4. The minimum atomic E-state index is 0.457. The van der Waals surface area contributed by atoms with Crippen molar-refractivity contribution in [1.82, 2.24) is 0 Å². The Bertz CT molecular complexity index is 2230. The third kappa shape index (κ3) is 4.91. The number of hydrogen-bond donors (Lipinski definition) is 0. The molecule has 6 heteroatoms. The molecule has 0 radical (unpaired) electrons. The van der Waals surface area contributed by atoms with Gasteiger partial charge in [-0.15, -0.1) is 68.0 Å². The third-order valence-corrected chi connectivity index (χ3v) is 16.5. The van der Waals surface area contributed by atoms with Gasteiger partial charge in [-0.05, 0) is 147 Å². The maximum atomic E-state index is 2.49. The molecule has 1 aromatic carbocycles. The van der Waals surface area contributed by atoms with E-state index in [0.29, 0.717) is 11.8 Å². The summed E-state index contributed by atoms with van der Waals surface area (Å²) in [6.07, 6.45) is 0. The van der Waals surface area contributed by atoms with Crippen LogP contribution in [0.5, 0.6) is 0 Å². The molecule has 2 aliphatic rings. The Morgan fingerprint density at radius 1 is 0.391 bits per heavy atom. The average Bonchev–Trinajstić information content (AvgIpc) is 3.84. The second-order valence-electron chi connectivity index (χ2n) is 12.7. The highest BCUT2D eigenvalue weighted by Gasteiger charge is 2.39. The molecule has 9 rings (SSSR count). The molecule has 0 amide bonds. The SMILES string of the molecule is Cc1ccc(-c2ccc(-c3cc4c(s3)-c3c(C)c5c(c(C)c3C4C)-c3sc(C)cc3C5C)s2)s1.Cc1ccc(-c2ccc(C)s2)s1. The van der Waals surface area contributed by atoms with Crippen LogP contribution in [0.25, 0.3) is 50.1 Å². The molecule has 6 heterocycles. The molecule has 2 unspecified atom stereocenters. The third-order valence-electron chi connectivity index (χ3n) is 9.55. The lowest BCUT2D eigenvalue weighted by molar-refractivity contribution is 0.926. The Morgan fingerprint density at radius 2 is 0.783 bits per heavy atom. The van der Waals surface area contributed by atoms with Crippen LogP contribution in [0.2, 0.25) is 0 Å². The second-order valence-corrected chi connectivity index (χ2v) is 20.0. The van der Waals surface area contributed by atoms with E-state index in [-0.39, 0.29) is 0 Å². The van der Waals surface area contributed by atoms with E-state index in [0.717, 1.165) is 0 Å². The fraction of sp³-hybridized carbons (Fsp3) is 0.250. The molecule has 0 nitrogen and oxygen atoms in total. The average molecular weight is 709 g/mol. The first kappa shape index (κ1) is 30.7. The van der Waals surface area contributed by atoms with Crippen molar-refractivity contribution >= 4 is 68.0 Å². The molecular formula is C40H36S6. The first-order valence-corrected chi connectivity index (χ1v) is 20.7. The first-order chi connectivity index (χ1) is 22.1. The molecule has 7 aromatic rings. The molecule has 2 atom stereocenters. The predicted molar refractivity (Wildman–Crippen MR) is 211 cm³/mol. The van der Waals surface area contributed by atoms with Crippen LogP contribution in [0.1, 0.15) is 78.6 Å². The Hall–Kier alpha value is -2.58.